The second-order valence-corrected chi connectivity index (χ2v) is 8.23. The fourth-order valence-electron chi connectivity index (χ4n) is 2.73. The maximum absolute atomic E-state index is 12.9. The molecule has 0 spiro atoms. The van der Waals surface area contributed by atoms with E-state index in [9.17, 15) is 13.2 Å². The monoisotopic (exact) mass is 379 g/mol. The van der Waals surface area contributed by atoms with E-state index >= 15 is 0 Å². The molecule has 0 saturated carbocycles. The Morgan fingerprint density at radius 2 is 1.76 bits per heavy atom. The van der Waals surface area contributed by atoms with E-state index in [1.807, 2.05) is 12.1 Å². The first-order valence-corrected chi connectivity index (χ1v) is 9.68. The summed E-state index contributed by atoms with van der Waals surface area (Å²) in [6, 6.07) is 13.2. The zero-order chi connectivity index (χ0) is 18.0. The number of carbonyl (C=O) groups excluding carboxylic acids is 1. The second-order valence-electron chi connectivity index (χ2n) is 5.85. The highest BCUT2D eigenvalue weighted by molar-refractivity contribution is 7.89. The zero-order valence-electron chi connectivity index (χ0n) is 13.7. The van der Waals surface area contributed by atoms with Crippen molar-refractivity contribution < 1.29 is 17.9 Å². The molecule has 2 aromatic rings. The molecule has 1 aliphatic heterocycles. The number of morpholine rings is 1. The minimum Gasteiger partial charge on any atom is -0.371 e. The Kier molecular flexibility index (Phi) is 5.24. The van der Waals surface area contributed by atoms with Crippen molar-refractivity contribution in [3.8, 4) is 0 Å². The highest BCUT2D eigenvalue weighted by Crippen LogP contribution is 2.27. The van der Waals surface area contributed by atoms with Crippen LogP contribution in [0.15, 0.2) is 53.4 Å². The number of ketones is 1. The van der Waals surface area contributed by atoms with Crippen LogP contribution in [0.1, 0.15) is 28.9 Å². The Morgan fingerprint density at radius 1 is 1.12 bits per heavy atom. The van der Waals surface area contributed by atoms with Crippen molar-refractivity contribution in [2.45, 2.75) is 17.9 Å². The highest BCUT2D eigenvalue weighted by Gasteiger charge is 2.31. The van der Waals surface area contributed by atoms with Crippen LogP contribution in [0.4, 0.5) is 0 Å². The van der Waals surface area contributed by atoms with Gasteiger partial charge >= 0.3 is 0 Å². The van der Waals surface area contributed by atoms with Crippen LogP contribution in [0.2, 0.25) is 5.02 Å². The molecule has 5 nitrogen and oxygen atoms in total. The maximum atomic E-state index is 12.9. The Hall–Kier alpha value is -1.73. The summed E-state index contributed by atoms with van der Waals surface area (Å²) in [4.78, 5) is 11.5. The average Bonchev–Trinajstić information content (AvgIpc) is 2.62. The summed E-state index contributed by atoms with van der Waals surface area (Å²) in [6.07, 6.45) is -0.336. The minimum absolute atomic E-state index is 0.0990. The molecule has 0 N–H and O–H groups in total. The van der Waals surface area contributed by atoms with Crippen molar-refractivity contribution in [2.75, 3.05) is 19.7 Å². The van der Waals surface area contributed by atoms with E-state index in [2.05, 4.69) is 0 Å². The Labute approximate surface area is 152 Å². The van der Waals surface area contributed by atoms with Gasteiger partial charge in [-0.15, -0.1) is 0 Å². The molecule has 1 fully saturated rings. The van der Waals surface area contributed by atoms with Gasteiger partial charge in [0.05, 0.1) is 17.6 Å². The van der Waals surface area contributed by atoms with E-state index < -0.39 is 10.0 Å². The van der Waals surface area contributed by atoms with Gasteiger partial charge in [-0.3, -0.25) is 4.79 Å². The number of ether oxygens (including phenoxy) is 1. The van der Waals surface area contributed by atoms with Gasteiger partial charge in [0.1, 0.15) is 0 Å². The van der Waals surface area contributed by atoms with Crippen LogP contribution in [-0.4, -0.2) is 38.2 Å². The topological polar surface area (TPSA) is 63.7 Å². The molecule has 132 valence electrons. The zero-order valence-corrected chi connectivity index (χ0v) is 15.3. The summed E-state index contributed by atoms with van der Waals surface area (Å²) >= 11 is 5.90. The molecule has 1 atom stereocenters. The molecule has 3 rings (SSSR count). The molecular weight excluding hydrogens is 362 g/mol. The van der Waals surface area contributed by atoms with Gasteiger partial charge in [0.2, 0.25) is 10.0 Å². The van der Waals surface area contributed by atoms with E-state index in [0.717, 1.165) is 5.56 Å². The van der Waals surface area contributed by atoms with Gasteiger partial charge in [-0.1, -0.05) is 35.9 Å². The number of benzene rings is 2. The number of halogens is 1. The molecule has 0 aromatic heterocycles. The van der Waals surface area contributed by atoms with E-state index in [4.69, 9.17) is 16.3 Å². The fraction of sp³-hybridized carbons (Fsp3) is 0.278. The molecule has 2 aromatic carbocycles. The van der Waals surface area contributed by atoms with Gasteiger partial charge in [0.15, 0.2) is 5.78 Å². The third-order valence-corrected chi connectivity index (χ3v) is 6.30. The summed E-state index contributed by atoms with van der Waals surface area (Å²) in [5, 5.41) is 0.620. The lowest BCUT2D eigenvalue weighted by molar-refractivity contribution is -0.00255. The second kappa shape index (κ2) is 7.25. The van der Waals surface area contributed by atoms with Gasteiger partial charge in [-0.05, 0) is 36.8 Å². The first-order chi connectivity index (χ1) is 11.9. The Bertz CT molecular complexity index is 863. The Morgan fingerprint density at radius 3 is 2.36 bits per heavy atom. The summed E-state index contributed by atoms with van der Waals surface area (Å²) in [6.45, 7) is 2.29. The molecule has 1 saturated heterocycles. The number of sulfonamides is 1. The molecule has 0 radical (unpaired) electrons. The summed E-state index contributed by atoms with van der Waals surface area (Å²) in [7, 11) is -3.64. The van der Waals surface area contributed by atoms with Gasteiger partial charge in [0.25, 0.3) is 0 Å². The predicted molar refractivity (Wildman–Crippen MR) is 95.4 cm³/mol. The largest absolute Gasteiger partial charge is 0.371 e. The van der Waals surface area contributed by atoms with Gasteiger partial charge in [-0.2, -0.15) is 4.31 Å². The average molecular weight is 380 g/mol. The number of carbonyl (C=O) groups is 1. The fourth-order valence-corrected chi connectivity index (χ4v) is 4.28. The first kappa shape index (κ1) is 18.1. The third-order valence-electron chi connectivity index (χ3n) is 4.17. The molecule has 0 aliphatic carbocycles. The van der Waals surface area contributed by atoms with Gasteiger partial charge in [-0.25, -0.2) is 8.42 Å². The van der Waals surface area contributed by atoms with Gasteiger partial charge in [0, 0.05) is 23.7 Å². The molecule has 25 heavy (non-hydrogen) atoms. The van der Waals surface area contributed by atoms with Crippen LogP contribution in [0.25, 0.3) is 0 Å². The maximum Gasteiger partial charge on any atom is 0.243 e. The standard InChI is InChI=1S/C18H18ClNO4S/c1-13(21)14-4-8-17(9-5-14)25(22,23)20-10-11-24-18(12-20)15-2-6-16(19)7-3-15/h2-9,18H,10-12H2,1H3. The lowest BCUT2D eigenvalue weighted by Gasteiger charge is -2.32. The van der Waals surface area contributed by atoms with E-state index in [1.54, 1.807) is 12.1 Å². The van der Waals surface area contributed by atoms with E-state index in [0.29, 0.717) is 23.7 Å². The number of rotatable bonds is 4. The summed E-state index contributed by atoms with van der Waals surface area (Å²) in [5.41, 5.74) is 1.37. The Balaban J connectivity index is 1.81. The predicted octanol–water partition coefficient (Wildman–Crippen LogP) is 3.30. The van der Waals surface area contributed by atoms with Gasteiger partial charge < -0.3 is 4.74 Å². The quantitative estimate of drug-likeness (QED) is 0.764. The van der Waals surface area contributed by atoms with Crippen molar-refractivity contribution in [3.05, 3.63) is 64.7 Å². The molecule has 1 heterocycles. The molecular formula is C18H18ClNO4S. The van der Waals surface area contributed by atoms with Crippen molar-refractivity contribution in [1.82, 2.24) is 4.31 Å². The number of nitrogens with zero attached hydrogens (tertiary/aromatic N) is 1. The van der Waals surface area contributed by atoms with Crippen molar-refractivity contribution in [1.29, 1.82) is 0 Å². The summed E-state index contributed by atoms with van der Waals surface area (Å²) < 4.78 is 32.9. The SMILES string of the molecule is CC(=O)c1ccc(S(=O)(=O)N2CCOC(c3ccc(Cl)cc3)C2)cc1. The van der Waals surface area contributed by atoms with Crippen LogP contribution < -0.4 is 0 Å². The number of Topliss-reactive ketones (excluding diaryl/α,β-unsaturated/α-hetero) is 1. The molecule has 0 amide bonds. The first-order valence-electron chi connectivity index (χ1n) is 7.86. The molecule has 1 unspecified atom stereocenters. The lowest BCUT2D eigenvalue weighted by atomic mass is 10.1. The van der Waals surface area contributed by atoms with Crippen molar-refractivity contribution >= 4 is 27.4 Å². The smallest absolute Gasteiger partial charge is 0.243 e. The minimum atomic E-state index is -3.64. The number of hydrogen-bond acceptors (Lipinski definition) is 4. The molecule has 1 aliphatic rings. The third kappa shape index (κ3) is 3.93. The van der Waals surface area contributed by atoms with Crippen molar-refractivity contribution in [3.63, 3.8) is 0 Å². The number of hydrogen-bond donors (Lipinski definition) is 0. The lowest BCUT2D eigenvalue weighted by Crippen LogP contribution is -2.42. The molecule has 0 bridgehead atoms. The van der Waals surface area contributed by atoms with Crippen molar-refractivity contribution in [2.24, 2.45) is 0 Å². The van der Waals surface area contributed by atoms with Crippen LogP contribution in [-0.2, 0) is 14.8 Å². The molecule has 7 heteroatoms. The van der Waals surface area contributed by atoms with Crippen LogP contribution in [0.5, 0.6) is 0 Å². The van der Waals surface area contributed by atoms with E-state index in [1.165, 1.54) is 35.5 Å². The van der Waals surface area contributed by atoms with E-state index in [-0.39, 0.29) is 23.3 Å². The van der Waals surface area contributed by atoms with Crippen LogP contribution in [0.3, 0.4) is 0 Å². The summed E-state index contributed by atoms with van der Waals surface area (Å²) in [5.74, 6) is -0.0990. The normalized spacial score (nSPS) is 18.9. The highest BCUT2D eigenvalue weighted by atomic mass is 35.5. The van der Waals surface area contributed by atoms with Crippen LogP contribution in [0, 0.1) is 0 Å². The van der Waals surface area contributed by atoms with Crippen LogP contribution >= 0.6 is 11.6 Å².